The topological polar surface area (TPSA) is 98.2 Å². The summed E-state index contributed by atoms with van der Waals surface area (Å²) in [6.45, 7) is 0. The molecule has 0 saturated heterocycles. The maximum absolute atomic E-state index is 12.2. The summed E-state index contributed by atoms with van der Waals surface area (Å²) in [5.74, 6) is -0.882. The Morgan fingerprint density at radius 1 is 0.846 bits per heavy atom. The quantitative estimate of drug-likeness (QED) is 0.624. The molecule has 0 aliphatic heterocycles. The first kappa shape index (κ1) is 21.7. The van der Waals surface area contributed by atoms with E-state index in [0.717, 1.165) is 11.1 Å². The van der Waals surface area contributed by atoms with Gasteiger partial charge in [-0.25, -0.2) is 0 Å². The molecule has 0 saturated carbocycles. The lowest BCUT2D eigenvalue weighted by molar-refractivity contribution is -0.128. The highest BCUT2D eigenvalue weighted by molar-refractivity contribution is 5.88. The van der Waals surface area contributed by atoms with E-state index in [1.54, 1.807) is 0 Å². The normalized spacial score (nSPS) is 12.5. The minimum atomic E-state index is -0.713. The highest BCUT2D eigenvalue weighted by atomic mass is 35.5. The third-order valence-corrected chi connectivity index (χ3v) is 4.15. The Morgan fingerprint density at radius 2 is 1.31 bits per heavy atom. The van der Waals surface area contributed by atoms with Gasteiger partial charge in [0, 0.05) is 0 Å². The number of carbonyl (C=O) groups excluding carboxylic acids is 2. The minimum absolute atomic E-state index is 0. The Morgan fingerprint density at radius 3 is 1.77 bits per heavy atom. The van der Waals surface area contributed by atoms with Crippen molar-refractivity contribution in [1.29, 1.82) is 0 Å². The van der Waals surface area contributed by atoms with E-state index in [2.05, 4.69) is 5.32 Å². The lowest BCUT2D eigenvalue weighted by Gasteiger charge is -2.18. The number of halogens is 1. The zero-order chi connectivity index (χ0) is 18.1. The molecule has 6 heteroatoms. The molecule has 0 aliphatic rings. The second kappa shape index (κ2) is 11.3. The van der Waals surface area contributed by atoms with Crippen LogP contribution in [0.4, 0.5) is 0 Å². The first-order valence-electron chi connectivity index (χ1n) is 8.49. The SMILES string of the molecule is Cl.NC(=O)[C@H](CCc1ccccc1)NC(=O)[C@@H](N)CCc1ccccc1. The van der Waals surface area contributed by atoms with Gasteiger partial charge in [-0.1, -0.05) is 60.7 Å². The molecule has 0 aliphatic carbocycles. The lowest BCUT2D eigenvalue weighted by Crippen LogP contribution is -2.50. The van der Waals surface area contributed by atoms with Gasteiger partial charge in [-0.05, 0) is 36.8 Å². The molecule has 2 rings (SSSR count). The number of benzene rings is 2. The van der Waals surface area contributed by atoms with E-state index in [-0.39, 0.29) is 18.3 Å². The summed E-state index contributed by atoms with van der Waals surface area (Å²) >= 11 is 0. The number of nitrogens with two attached hydrogens (primary N) is 2. The fourth-order valence-electron chi connectivity index (χ4n) is 2.62. The predicted molar refractivity (Wildman–Crippen MR) is 106 cm³/mol. The Labute approximate surface area is 160 Å². The number of amides is 2. The van der Waals surface area contributed by atoms with Crippen LogP contribution in [0.3, 0.4) is 0 Å². The van der Waals surface area contributed by atoms with E-state index in [4.69, 9.17) is 11.5 Å². The molecule has 0 spiro atoms. The zero-order valence-corrected chi connectivity index (χ0v) is 15.5. The first-order chi connectivity index (χ1) is 12.1. The molecule has 0 fully saturated rings. The molecule has 0 unspecified atom stereocenters. The van der Waals surface area contributed by atoms with Gasteiger partial charge in [-0.15, -0.1) is 12.4 Å². The van der Waals surface area contributed by atoms with Crippen LogP contribution < -0.4 is 16.8 Å². The summed E-state index contributed by atoms with van der Waals surface area (Å²) in [6, 6.07) is 18.2. The second-order valence-corrected chi connectivity index (χ2v) is 6.12. The molecule has 0 radical (unpaired) electrons. The number of aryl methyl sites for hydroxylation is 2. The molecule has 0 heterocycles. The average Bonchev–Trinajstić information content (AvgIpc) is 2.64. The van der Waals surface area contributed by atoms with E-state index < -0.39 is 18.0 Å². The van der Waals surface area contributed by atoms with E-state index >= 15 is 0 Å². The van der Waals surface area contributed by atoms with Gasteiger partial charge in [0.1, 0.15) is 6.04 Å². The minimum Gasteiger partial charge on any atom is -0.368 e. The molecular weight excluding hydrogens is 350 g/mol. The van der Waals surface area contributed by atoms with Crippen LogP contribution in [0.1, 0.15) is 24.0 Å². The van der Waals surface area contributed by atoms with Gasteiger partial charge >= 0.3 is 0 Å². The Kier molecular flexibility index (Phi) is 9.41. The van der Waals surface area contributed by atoms with E-state index in [0.29, 0.717) is 25.7 Å². The molecule has 2 atom stereocenters. The Balaban J connectivity index is 0.00000338. The number of nitrogens with one attached hydrogen (secondary N) is 1. The molecule has 26 heavy (non-hydrogen) atoms. The van der Waals surface area contributed by atoms with Crippen molar-refractivity contribution < 1.29 is 9.59 Å². The van der Waals surface area contributed by atoms with Gasteiger partial charge in [0.25, 0.3) is 0 Å². The van der Waals surface area contributed by atoms with Gasteiger partial charge in [0.05, 0.1) is 6.04 Å². The first-order valence-corrected chi connectivity index (χ1v) is 8.49. The summed E-state index contributed by atoms with van der Waals surface area (Å²) in [5.41, 5.74) is 13.6. The summed E-state index contributed by atoms with van der Waals surface area (Å²) in [5, 5.41) is 2.68. The van der Waals surface area contributed by atoms with Crippen molar-refractivity contribution in [3.63, 3.8) is 0 Å². The maximum atomic E-state index is 12.2. The monoisotopic (exact) mass is 375 g/mol. The fourth-order valence-corrected chi connectivity index (χ4v) is 2.62. The van der Waals surface area contributed by atoms with Gasteiger partial charge in [-0.3, -0.25) is 9.59 Å². The van der Waals surface area contributed by atoms with E-state index in [1.807, 2.05) is 60.7 Å². The molecule has 0 bridgehead atoms. The summed E-state index contributed by atoms with van der Waals surface area (Å²) in [4.78, 5) is 23.9. The lowest BCUT2D eigenvalue weighted by atomic mass is 10.0. The van der Waals surface area contributed by atoms with Crippen LogP contribution in [0.15, 0.2) is 60.7 Å². The predicted octanol–water partition coefficient (Wildman–Crippen LogP) is 1.97. The molecule has 140 valence electrons. The van der Waals surface area contributed by atoms with Crippen LogP contribution in [0, 0.1) is 0 Å². The van der Waals surface area contributed by atoms with E-state index in [9.17, 15) is 9.59 Å². The molecular formula is C20H26ClN3O2. The number of rotatable bonds is 9. The van der Waals surface area contributed by atoms with Crippen molar-refractivity contribution in [2.75, 3.05) is 0 Å². The van der Waals surface area contributed by atoms with Gasteiger partial charge < -0.3 is 16.8 Å². The zero-order valence-electron chi connectivity index (χ0n) is 14.6. The third-order valence-electron chi connectivity index (χ3n) is 4.15. The summed E-state index contributed by atoms with van der Waals surface area (Å²) in [7, 11) is 0. The van der Waals surface area contributed by atoms with Crippen molar-refractivity contribution in [1.82, 2.24) is 5.32 Å². The highest BCUT2D eigenvalue weighted by Gasteiger charge is 2.21. The van der Waals surface area contributed by atoms with Crippen LogP contribution in [0.5, 0.6) is 0 Å². The van der Waals surface area contributed by atoms with Gasteiger partial charge in [0.15, 0.2) is 0 Å². The molecule has 5 N–H and O–H groups in total. The Hall–Kier alpha value is -2.37. The van der Waals surface area contributed by atoms with Gasteiger partial charge in [0.2, 0.25) is 11.8 Å². The van der Waals surface area contributed by atoms with Crippen molar-refractivity contribution in [3.8, 4) is 0 Å². The van der Waals surface area contributed by atoms with Crippen LogP contribution in [0.25, 0.3) is 0 Å². The number of carbonyl (C=O) groups is 2. The van der Waals surface area contributed by atoms with Crippen molar-refractivity contribution in [3.05, 3.63) is 71.8 Å². The molecule has 2 aromatic rings. The number of hydrogen-bond donors (Lipinski definition) is 3. The third kappa shape index (κ3) is 7.25. The van der Waals surface area contributed by atoms with Crippen LogP contribution in [-0.2, 0) is 22.4 Å². The average molecular weight is 376 g/mol. The Bertz CT molecular complexity index is 680. The van der Waals surface area contributed by atoms with Crippen molar-refractivity contribution in [2.45, 2.75) is 37.8 Å². The largest absolute Gasteiger partial charge is 0.368 e. The summed E-state index contributed by atoms with van der Waals surface area (Å²) in [6.07, 6.45) is 2.34. The molecule has 2 aromatic carbocycles. The summed E-state index contributed by atoms with van der Waals surface area (Å²) < 4.78 is 0. The van der Waals surface area contributed by atoms with Crippen LogP contribution in [0.2, 0.25) is 0 Å². The van der Waals surface area contributed by atoms with Crippen molar-refractivity contribution >= 4 is 24.2 Å². The second-order valence-electron chi connectivity index (χ2n) is 6.12. The van der Waals surface area contributed by atoms with Crippen molar-refractivity contribution in [2.24, 2.45) is 11.5 Å². The smallest absolute Gasteiger partial charge is 0.240 e. The number of hydrogen-bond acceptors (Lipinski definition) is 3. The maximum Gasteiger partial charge on any atom is 0.240 e. The van der Waals surface area contributed by atoms with Crippen LogP contribution >= 0.6 is 12.4 Å². The van der Waals surface area contributed by atoms with Gasteiger partial charge in [-0.2, -0.15) is 0 Å². The van der Waals surface area contributed by atoms with Crippen LogP contribution in [-0.4, -0.2) is 23.9 Å². The van der Waals surface area contributed by atoms with E-state index in [1.165, 1.54) is 0 Å². The molecule has 2 amide bonds. The fraction of sp³-hybridized carbons (Fsp3) is 0.300. The molecule has 0 aromatic heterocycles. The highest BCUT2D eigenvalue weighted by Crippen LogP contribution is 2.07. The molecule has 5 nitrogen and oxygen atoms in total. The number of primary amides is 1. The standard InChI is InChI=1S/C20H25N3O2.ClH/c21-17(13-11-15-7-3-1-4-8-15)20(25)23-18(19(22)24)14-12-16-9-5-2-6-10-16;/h1-10,17-18H,11-14,21H2,(H2,22,24)(H,23,25);1H/t17-,18-;/m0./s1.